The van der Waals surface area contributed by atoms with E-state index < -0.39 is 11.6 Å². The monoisotopic (exact) mass is 802 g/mol. The number of ether oxygens (including phenoxy) is 12. The number of hydrogen-bond acceptors (Lipinski definition) is 13. The molecule has 0 bridgehead atoms. The summed E-state index contributed by atoms with van der Waals surface area (Å²) in [7, 11) is 0. The molecule has 0 aromatic heterocycles. The number of aliphatic carboxylic acids is 1. The van der Waals surface area contributed by atoms with Gasteiger partial charge in [0.25, 0.3) is 0 Å². The first-order chi connectivity index (χ1) is 28.2. The first-order valence-corrected chi connectivity index (χ1v) is 19.6. The average Bonchev–Trinajstić information content (AvgIpc) is 3.24. The number of carboxylic acids is 1. The van der Waals surface area contributed by atoms with Crippen molar-refractivity contribution >= 4 is 5.97 Å². The van der Waals surface area contributed by atoms with E-state index in [2.05, 4.69) is 36.4 Å². The molecule has 0 aliphatic heterocycles. The fourth-order valence-corrected chi connectivity index (χ4v) is 5.38. The molecule has 318 valence electrons. The summed E-state index contributed by atoms with van der Waals surface area (Å²) in [6, 6.07) is 30.9. The van der Waals surface area contributed by atoms with E-state index in [4.69, 9.17) is 61.9 Å². The quantitative estimate of drug-likeness (QED) is 0.0647. The van der Waals surface area contributed by atoms with Crippen molar-refractivity contribution in [3.05, 3.63) is 108 Å². The van der Waals surface area contributed by atoms with Gasteiger partial charge in [0.2, 0.25) is 0 Å². The van der Waals surface area contributed by atoms with E-state index in [-0.39, 0.29) is 13.2 Å². The van der Waals surface area contributed by atoms with Crippen LogP contribution in [-0.4, -0.2) is 163 Å². The first kappa shape index (κ1) is 48.0. The highest BCUT2D eigenvalue weighted by Crippen LogP contribution is 2.40. The second-order valence-electron chi connectivity index (χ2n) is 12.2. The zero-order valence-electron chi connectivity index (χ0n) is 33.2. The molecule has 0 unspecified atom stereocenters. The highest BCUT2D eigenvalue weighted by atomic mass is 16.6. The Morgan fingerprint density at radius 2 is 0.544 bits per heavy atom. The molecule has 57 heavy (non-hydrogen) atoms. The van der Waals surface area contributed by atoms with Crippen molar-refractivity contribution in [3.63, 3.8) is 0 Å². The lowest BCUT2D eigenvalue weighted by atomic mass is 9.80. The van der Waals surface area contributed by atoms with Crippen LogP contribution in [0.1, 0.15) is 16.7 Å². The summed E-state index contributed by atoms with van der Waals surface area (Å²) < 4.78 is 66.8. The standard InChI is InChI=1S/C43H62O14/c44-42(45)38-56-35-34-54-31-30-52-27-26-50-23-22-48-19-18-46-16-17-47-20-21-49-24-25-51-28-29-53-32-33-55-36-37-57-43(39-10-4-1-5-11-39,40-12-6-2-7-13-40)41-14-8-3-9-15-41/h1-15H,16-38H2,(H,44,45). The average molecular weight is 803 g/mol. The summed E-state index contributed by atoms with van der Waals surface area (Å²) >= 11 is 0. The van der Waals surface area contributed by atoms with E-state index in [1.165, 1.54) is 0 Å². The molecule has 14 nitrogen and oxygen atoms in total. The second-order valence-corrected chi connectivity index (χ2v) is 12.2. The van der Waals surface area contributed by atoms with Crippen molar-refractivity contribution in [2.75, 3.05) is 152 Å². The van der Waals surface area contributed by atoms with Gasteiger partial charge in [-0.15, -0.1) is 0 Å². The predicted octanol–water partition coefficient (Wildman–Crippen LogP) is 4.26. The molecule has 0 spiro atoms. The molecule has 1 N–H and O–H groups in total. The molecule has 0 atom stereocenters. The third-order valence-electron chi connectivity index (χ3n) is 8.03. The number of hydrogen-bond donors (Lipinski definition) is 1. The van der Waals surface area contributed by atoms with Crippen LogP contribution in [0, 0.1) is 0 Å². The molecule has 0 aliphatic carbocycles. The van der Waals surface area contributed by atoms with Crippen LogP contribution in [-0.2, 0) is 67.2 Å². The van der Waals surface area contributed by atoms with Gasteiger partial charge < -0.3 is 61.9 Å². The molecule has 0 saturated carbocycles. The smallest absolute Gasteiger partial charge is 0.329 e. The van der Waals surface area contributed by atoms with Gasteiger partial charge in [-0.05, 0) is 16.7 Å². The maximum Gasteiger partial charge on any atom is 0.329 e. The lowest BCUT2D eigenvalue weighted by molar-refractivity contribution is -0.142. The molecule has 0 saturated heterocycles. The second kappa shape index (κ2) is 33.6. The molecule has 0 heterocycles. The van der Waals surface area contributed by atoms with Gasteiger partial charge in [0.05, 0.1) is 145 Å². The number of carbonyl (C=O) groups is 1. The van der Waals surface area contributed by atoms with Crippen LogP contribution in [0.4, 0.5) is 0 Å². The third-order valence-corrected chi connectivity index (χ3v) is 8.03. The maximum atomic E-state index is 10.3. The van der Waals surface area contributed by atoms with Crippen LogP contribution in [0.5, 0.6) is 0 Å². The fourth-order valence-electron chi connectivity index (χ4n) is 5.38. The molecule has 3 rings (SSSR count). The summed E-state index contributed by atoms with van der Waals surface area (Å²) in [6.45, 7) is 9.54. The molecule has 0 fully saturated rings. The Kier molecular flexibility index (Phi) is 28.3. The van der Waals surface area contributed by atoms with Gasteiger partial charge in [0.15, 0.2) is 0 Å². The Morgan fingerprint density at radius 3 is 0.772 bits per heavy atom. The van der Waals surface area contributed by atoms with Crippen LogP contribution < -0.4 is 0 Å². The van der Waals surface area contributed by atoms with Crippen LogP contribution in [0.15, 0.2) is 91.0 Å². The van der Waals surface area contributed by atoms with Crippen LogP contribution >= 0.6 is 0 Å². The molecular weight excluding hydrogens is 740 g/mol. The van der Waals surface area contributed by atoms with E-state index in [0.29, 0.717) is 139 Å². The number of benzene rings is 3. The topological polar surface area (TPSA) is 148 Å². The van der Waals surface area contributed by atoms with Crippen LogP contribution in [0.25, 0.3) is 0 Å². The molecule has 0 amide bonds. The Hall–Kier alpha value is -3.35. The highest BCUT2D eigenvalue weighted by molar-refractivity contribution is 5.67. The first-order valence-electron chi connectivity index (χ1n) is 19.6. The Balaban J connectivity index is 1.04. The maximum absolute atomic E-state index is 10.3. The number of rotatable bonds is 39. The zero-order valence-corrected chi connectivity index (χ0v) is 33.2. The van der Waals surface area contributed by atoms with Gasteiger partial charge in [-0.1, -0.05) is 91.0 Å². The highest BCUT2D eigenvalue weighted by Gasteiger charge is 2.37. The summed E-state index contributed by atoms with van der Waals surface area (Å²) in [5.74, 6) is -0.998. The van der Waals surface area contributed by atoms with Crippen molar-refractivity contribution in [1.29, 1.82) is 0 Å². The normalized spacial score (nSPS) is 11.6. The zero-order chi connectivity index (χ0) is 40.2. The molecule has 3 aromatic carbocycles. The Bertz CT molecular complexity index is 1240. The molecule has 0 aliphatic rings. The largest absolute Gasteiger partial charge is 0.480 e. The van der Waals surface area contributed by atoms with Gasteiger partial charge in [0.1, 0.15) is 12.2 Å². The summed E-state index contributed by atoms with van der Waals surface area (Å²) in [4.78, 5) is 10.3. The predicted molar refractivity (Wildman–Crippen MR) is 212 cm³/mol. The minimum Gasteiger partial charge on any atom is -0.480 e. The lowest BCUT2D eigenvalue weighted by Crippen LogP contribution is -2.34. The van der Waals surface area contributed by atoms with Gasteiger partial charge in [-0.2, -0.15) is 0 Å². The van der Waals surface area contributed by atoms with Gasteiger partial charge in [0, 0.05) is 0 Å². The minimum atomic E-state index is -0.998. The van der Waals surface area contributed by atoms with E-state index in [0.717, 1.165) is 16.7 Å². The van der Waals surface area contributed by atoms with Crippen LogP contribution in [0.3, 0.4) is 0 Å². The minimum absolute atomic E-state index is 0.238. The van der Waals surface area contributed by atoms with E-state index >= 15 is 0 Å². The summed E-state index contributed by atoms with van der Waals surface area (Å²) in [5.41, 5.74) is 2.43. The van der Waals surface area contributed by atoms with E-state index in [1.54, 1.807) is 0 Å². The van der Waals surface area contributed by atoms with Crippen molar-refractivity contribution < 1.29 is 66.7 Å². The van der Waals surface area contributed by atoms with Gasteiger partial charge in [-0.25, -0.2) is 4.79 Å². The molecular formula is C43H62O14. The summed E-state index contributed by atoms with van der Waals surface area (Å²) in [6.07, 6.45) is 0. The summed E-state index contributed by atoms with van der Waals surface area (Å²) in [5, 5.41) is 8.45. The lowest BCUT2D eigenvalue weighted by Gasteiger charge is -2.36. The van der Waals surface area contributed by atoms with Gasteiger partial charge >= 0.3 is 5.97 Å². The molecule has 3 aromatic rings. The van der Waals surface area contributed by atoms with Crippen molar-refractivity contribution in [2.45, 2.75) is 5.60 Å². The fraction of sp³-hybridized carbons (Fsp3) is 0.558. The van der Waals surface area contributed by atoms with Gasteiger partial charge in [-0.3, -0.25) is 0 Å². The van der Waals surface area contributed by atoms with Crippen molar-refractivity contribution in [3.8, 4) is 0 Å². The van der Waals surface area contributed by atoms with E-state index in [1.807, 2.05) is 54.6 Å². The Labute approximate surface area is 337 Å². The Morgan fingerprint density at radius 1 is 0.333 bits per heavy atom. The van der Waals surface area contributed by atoms with E-state index in [9.17, 15) is 4.79 Å². The molecule has 0 radical (unpaired) electrons. The third kappa shape index (κ3) is 22.4. The van der Waals surface area contributed by atoms with Crippen molar-refractivity contribution in [2.24, 2.45) is 0 Å². The molecule has 14 heteroatoms. The number of carboxylic acid groups (broad SMARTS) is 1. The van der Waals surface area contributed by atoms with Crippen LogP contribution in [0.2, 0.25) is 0 Å². The van der Waals surface area contributed by atoms with Crippen molar-refractivity contribution in [1.82, 2.24) is 0 Å². The SMILES string of the molecule is O=C(O)COCCOCCOCCOCCOCCOCCOCCOCCOCCOCCOCCOC(c1ccccc1)(c1ccccc1)c1ccccc1.